The second-order valence-electron chi connectivity index (χ2n) is 5.80. The minimum Gasteiger partial charge on any atom is -0.0587 e. The van der Waals surface area contributed by atoms with Crippen LogP contribution in [0, 0.1) is 13.8 Å². The summed E-state index contributed by atoms with van der Waals surface area (Å²) >= 11 is 0. The lowest BCUT2D eigenvalue weighted by atomic mass is 9.93. The van der Waals surface area contributed by atoms with E-state index in [0.717, 1.165) is 0 Å². The van der Waals surface area contributed by atoms with Crippen LogP contribution in [0.2, 0.25) is 0 Å². The minimum absolute atomic E-state index is 0.583. The molecule has 96 valence electrons. The van der Waals surface area contributed by atoms with Gasteiger partial charge in [0.25, 0.3) is 0 Å². The van der Waals surface area contributed by atoms with Crippen LogP contribution in [0.4, 0.5) is 0 Å². The molecule has 0 bridgehead atoms. The molecule has 3 aromatic rings. The number of hydrogen-bond acceptors (Lipinski definition) is 0. The van der Waals surface area contributed by atoms with Gasteiger partial charge >= 0.3 is 0 Å². The molecule has 0 heterocycles. The van der Waals surface area contributed by atoms with Crippen molar-refractivity contribution >= 4 is 21.5 Å². The van der Waals surface area contributed by atoms with E-state index in [1.807, 2.05) is 0 Å². The van der Waals surface area contributed by atoms with Crippen LogP contribution in [-0.2, 0) is 0 Å². The fourth-order valence-corrected chi connectivity index (χ4v) is 2.78. The first-order valence-electron chi connectivity index (χ1n) is 7.00. The molecule has 0 aromatic heterocycles. The Labute approximate surface area is 115 Å². The second-order valence-corrected chi connectivity index (χ2v) is 5.80. The van der Waals surface area contributed by atoms with Crippen LogP contribution < -0.4 is 0 Å². The Kier molecular flexibility index (Phi) is 2.82. The lowest BCUT2D eigenvalue weighted by Crippen LogP contribution is -1.89. The van der Waals surface area contributed by atoms with E-state index in [-0.39, 0.29) is 0 Å². The van der Waals surface area contributed by atoms with Crippen molar-refractivity contribution in [3.63, 3.8) is 0 Å². The van der Waals surface area contributed by atoms with Gasteiger partial charge in [-0.05, 0) is 58.0 Å². The van der Waals surface area contributed by atoms with E-state index in [1.54, 1.807) is 0 Å². The Hall–Kier alpha value is -1.82. The Balaban J connectivity index is 2.38. The molecule has 0 aliphatic rings. The van der Waals surface area contributed by atoms with Crippen LogP contribution >= 0.6 is 0 Å². The molecule has 0 N–H and O–H groups in total. The van der Waals surface area contributed by atoms with Gasteiger partial charge in [-0.3, -0.25) is 0 Å². The Morgan fingerprint density at radius 2 is 1.42 bits per heavy atom. The number of hydrogen-bond donors (Lipinski definition) is 0. The Morgan fingerprint density at radius 1 is 0.737 bits per heavy atom. The molecule has 0 radical (unpaired) electrons. The SMILES string of the molecule is Cc1ccc2c(ccc3cc(C(C)C)ccc32)c1C. The highest BCUT2D eigenvalue weighted by atomic mass is 14.1. The predicted octanol–water partition coefficient (Wildman–Crippen LogP) is 5.73. The van der Waals surface area contributed by atoms with E-state index in [0.29, 0.717) is 5.92 Å². The maximum absolute atomic E-state index is 2.33. The third-order valence-corrected chi connectivity index (χ3v) is 4.25. The lowest BCUT2D eigenvalue weighted by Gasteiger charge is -2.11. The summed E-state index contributed by atoms with van der Waals surface area (Å²) in [4.78, 5) is 0. The zero-order valence-electron chi connectivity index (χ0n) is 12.1. The molecule has 0 saturated carbocycles. The van der Waals surface area contributed by atoms with Crippen molar-refractivity contribution < 1.29 is 0 Å². The number of benzene rings is 3. The zero-order chi connectivity index (χ0) is 13.6. The molecule has 0 aliphatic carbocycles. The molecule has 0 spiro atoms. The maximum Gasteiger partial charge on any atom is -0.0103 e. The summed E-state index contributed by atoms with van der Waals surface area (Å²) in [5.41, 5.74) is 4.17. The summed E-state index contributed by atoms with van der Waals surface area (Å²) in [6.45, 7) is 8.89. The third-order valence-electron chi connectivity index (χ3n) is 4.25. The third kappa shape index (κ3) is 1.92. The fraction of sp³-hybridized carbons (Fsp3) is 0.263. The summed E-state index contributed by atoms with van der Waals surface area (Å²) < 4.78 is 0. The highest BCUT2D eigenvalue weighted by Gasteiger charge is 2.06. The molecule has 0 atom stereocenters. The molecule has 0 unspecified atom stereocenters. The van der Waals surface area contributed by atoms with E-state index in [4.69, 9.17) is 0 Å². The normalized spacial score (nSPS) is 11.6. The van der Waals surface area contributed by atoms with Gasteiger partial charge in [-0.1, -0.05) is 56.3 Å². The van der Waals surface area contributed by atoms with Crippen LogP contribution in [0.15, 0.2) is 42.5 Å². The smallest absolute Gasteiger partial charge is 0.0103 e. The molecule has 19 heavy (non-hydrogen) atoms. The topological polar surface area (TPSA) is 0 Å². The van der Waals surface area contributed by atoms with E-state index in [9.17, 15) is 0 Å². The largest absolute Gasteiger partial charge is 0.0587 e. The van der Waals surface area contributed by atoms with E-state index in [1.165, 1.54) is 38.2 Å². The van der Waals surface area contributed by atoms with Gasteiger partial charge in [-0.25, -0.2) is 0 Å². The molecular weight excluding hydrogens is 228 g/mol. The summed E-state index contributed by atoms with van der Waals surface area (Å²) in [6.07, 6.45) is 0. The average Bonchev–Trinajstić information content (AvgIpc) is 2.41. The number of aryl methyl sites for hydroxylation is 2. The number of rotatable bonds is 1. The summed E-state index contributed by atoms with van der Waals surface area (Å²) in [5, 5.41) is 5.47. The summed E-state index contributed by atoms with van der Waals surface area (Å²) in [6, 6.07) is 15.9. The van der Waals surface area contributed by atoms with Crippen LogP contribution in [-0.4, -0.2) is 0 Å². The van der Waals surface area contributed by atoms with Gasteiger partial charge < -0.3 is 0 Å². The molecular formula is C19H20. The molecule has 0 saturated heterocycles. The van der Waals surface area contributed by atoms with Gasteiger partial charge in [0.15, 0.2) is 0 Å². The zero-order valence-corrected chi connectivity index (χ0v) is 12.1. The standard InChI is InChI=1S/C19H20/c1-12(2)15-6-10-18-16(11-15)7-9-17-14(4)13(3)5-8-19(17)18/h5-12H,1-4H3. The molecule has 0 nitrogen and oxygen atoms in total. The van der Waals surface area contributed by atoms with E-state index >= 15 is 0 Å². The van der Waals surface area contributed by atoms with Crippen molar-refractivity contribution in [1.29, 1.82) is 0 Å². The molecule has 0 amide bonds. The minimum atomic E-state index is 0.583. The van der Waals surface area contributed by atoms with Crippen LogP contribution in [0.25, 0.3) is 21.5 Å². The highest BCUT2D eigenvalue weighted by molar-refractivity contribution is 6.08. The monoisotopic (exact) mass is 248 g/mol. The molecule has 0 heteroatoms. The molecule has 0 fully saturated rings. The molecule has 3 aromatic carbocycles. The maximum atomic E-state index is 2.33. The second kappa shape index (κ2) is 4.38. The van der Waals surface area contributed by atoms with Gasteiger partial charge in [0, 0.05) is 0 Å². The number of fused-ring (bicyclic) bond motifs is 3. The van der Waals surface area contributed by atoms with E-state index < -0.39 is 0 Å². The van der Waals surface area contributed by atoms with Crippen LogP contribution in [0.3, 0.4) is 0 Å². The quantitative estimate of drug-likeness (QED) is 0.482. The average molecular weight is 248 g/mol. The first kappa shape index (κ1) is 12.2. The van der Waals surface area contributed by atoms with Crippen molar-refractivity contribution in [3.05, 3.63) is 59.2 Å². The first-order chi connectivity index (χ1) is 9.08. The first-order valence-corrected chi connectivity index (χ1v) is 7.00. The lowest BCUT2D eigenvalue weighted by molar-refractivity contribution is 0.869. The molecule has 3 rings (SSSR count). The molecule has 0 aliphatic heterocycles. The van der Waals surface area contributed by atoms with E-state index in [2.05, 4.69) is 70.2 Å². The van der Waals surface area contributed by atoms with Crippen LogP contribution in [0.5, 0.6) is 0 Å². The van der Waals surface area contributed by atoms with Crippen molar-refractivity contribution in [2.45, 2.75) is 33.6 Å². The highest BCUT2D eigenvalue weighted by Crippen LogP contribution is 2.30. The van der Waals surface area contributed by atoms with Gasteiger partial charge in [-0.15, -0.1) is 0 Å². The van der Waals surface area contributed by atoms with Gasteiger partial charge in [0.05, 0.1) is 0 Å². The Morgan fingerprint density at radius 3 is 2.16 bits per heavy atom. The van der Waals surface area contributed by atoms with Gasteiger partial charge in [-0.2, -0.15) is 0 Å². The van der Waals surface area contributed by atoms with Crippen molar-refractivity contribution in [2.75, 3.05) is 0 Å². The van der Waals surface area contributed by atoms with Crippen molar-refractivity contribution in [1.82, 2.24) is 0 Å². The van der Waals surface area contributed by atoms with Gasteiger partial charge in [0.2, 0.25) is 0 Å². The van der Waals surface area contributed by atoms with Crippen LogP contribution in [0.1, 0.15) is 36.5 Å². The Bertz CT molecular complexity index is 764. The predicted molar refractivity (Wildman–Crippen MR) is 85.0 cm³/mol. The summed E-state index contributed by atoms with van der Waals surface area (Å²) in [5.74, 6) is 0.583. The van der Waals surface area contributed by atoms with Crippen molar-refractivity contribution in [3.8, 4) is 0 Å². The van der Waals surface area contributed by atoms with Gasteiger partial charge in [0.1, 0.15) is 0 Å². The fourth-order valence-electron chi connectivity index (χ4n) is 2.78. The summed E-state index contributed by atoms with van der Waals surface area (Å²) in [7, 11) is 0. The van der Waals surface area contributed by atoms with Crippen molar-refractivity contribution in [2.24, 2.45) is 0 Å².